The van der Waals surface area contributed by atoms with Crippen molar-refractivity contribution >= 4 is 27.1 Å². The summed E-state index contributed by atoms with van der Waals surface area (Å²) in [6.45, 7) is 0. The van der Waals surface area contributed by atoms with Gasteiger partial charge in [-0.3, -0.25) is 4.98 Å². The third-order valence-corrected chi connectivity index (χ3v) is 3.66. The van der Waals surface area contributed by atoms with Gasteiger partial charge in [0.15, 0.2) is 0 Å². The number of rotatable bonds is 1. The Balaban J connectivity index is 2.14. The number of aromatic hydroxyl groups is 1. The number of phenols is 1. The van der Waals surface area contributed by atoms with Crippen molar-refractivity contribution in [3.8, 4) is 16.3 Å². The molecule has 0 aliphatic rings. The number of phenolic OH excluding ortho intramolecular Hbond substituents is 1. The zero-order valence-electron chi connectivity index (χ0n) is 8.92. The molecule has 0 aliphatic carbocycles. The second-order valence-electron chi connectivity index (χ2n) is 3.81. The van der Waals surface area contributed by atoms with Gasteiger partial charge in [-0.1, -0.05) is 0 Å². The van der Waals surface area contributed by atoms with Crippen molar-refractivity contribution in [1.29, 1.82) is 0 Å². The first-order valence-corrected chi connectivity index (χ1v) is 5.98. The summed E-state index contributed by atoms with van der Waals surface area (Å²) in [5.74, 6) is 0.288. The summed E-state index contributed by atoms with van der Waals surface area (Å²) in [7, 11) is 0. The molecule has 0 bridgehead atoms. The van der Waals surface area contributed by atoms with Crippen LogP contribution in [0.4, 0.5) is 5.69 Å². The third kappa shape index (κ3) is 1.83. The first kappa shape index (κ1) is 10.1. The molecule has 0 saturated carbocycles. The van der Waals surface area contributed by atoms with E-state index >= 15 is 0 Å². The van der Waals surface area contributed by atoms with E-state index < -0.39 is 0 Å². The highest BCUT2D eigenvalue weighted by Crippen LogP contribution is 2.34. The molecule has 4 heteroatoms. The van der Waals surface area contributed by atoms with Crippen LogP contribution >= 0.6 is 11.3 Å². The lowest BCUT2D eigenvalue weighted by atomic mass is 10.2. The normalized spacial score (nSPS) is 10.8. The number of fused-ring (bicyclic) bond motifs is 1. The molecule has 0 spiro atoms. The molecular weight excluding hydrogens is 232 g/mol. The summed E-state index contributed by atoms with van der Waals surface area (Å²) in [6, 6.07) is 11.2. The highest BCUT2D eigenvalue weighted by atomic mass is 32.1. The number of hydrogen-bond acceptors (Lipinski definition) is 4. The average molecular weight is 242 g/mol. The van der Waals surface area contributed by atoms with E-state index in [-0.39, 0.29) is 5.75 Å². The predicted octanol–water partition coefficient (Wildman–Crippen LogP) is 3.25. The zero-order valence-corrected chi connectivity index (χ0v) is 9.74. The van der Waals surface area contributed by atoms with Gasteiger partial charge in [0.25, 0.3) is 0 Å². The molecule has 3 nitrogen and oxygen atoms in total. The maximum atomic E-state index is 9.42. The van der Waals surface area contributed by atoms with Crippen LogP contribution in [0.5, 0.6) is 5.75 Å². The van der Waals surface area contributed by atoms with E-state index in [0.717, 1.165) is 20.7 Å². The quantitative estimate of drug-likeness (QED) is 0.688. The Bertz CT molecular complexity index is 673. The highest BCUT2D eigenvalue weighted by Gasteiger charge is 2.05. The Hall–Kier alpha value is -2.07. The summed E-state index contributed by atoms with van der Waals surface area (Å²) in [5.41, 5.74) is 7.17. The molecule has 0 fully saturated rings. The fourth-order valence-electron chi connectivity index (χ4n) is 1.70. The minimum atomic E-state index is 0.288. The Morgan fingerprint density at radius 2 is 2.00 bits per heavy atom. The van der Waals surface area contributed by atoms with Crippen LogP contribution in [-0.2, 0) is 0 Å². The van der Waals surface area contributed by atoms with Crippen LogP contribution in [0.2, 0.25) is 0 Å². The maximum absolute atomic E-state index is 9.42. The van der Waals surface area contributed by atoms with Gasteiger partial charge in [-0.2, -0.15) is 0 Å². The number of thiophene rings is 1. The molecule has 0 amide bonds. The molecule has 84 valence electrons. The molecule has 0 saturated heterocycles. The number of aromatic nitrogens is 1. The molecule has 17 heavy (non-hydrogen) atoms. The topological polar surface area (TPSA) is 59.1 Å². The van der Waals surface area contributed by atoms with E-state index in [1.54, 1.807) is 29.7 Å². The Morgan fingerprint density at radius 1 is 1.12 bits per heavy atom. The van der Waals surface area contributed by atoms with Gasteiger partial charge in [0.05, 0.1) is 22.5 Å². The summed E-state index contributed by atoms with van der Waals surface area (Å²) < 4.78 is 1.05. The molecule has 3 aromatic rings. The number of anilines is 1. The highest BCUT2D eigenvalue weighted by molar-refractivity contribution is 7.22. The van der Waals surface area contributed by atoms with Crippen molar-refractivity contribution in [1.82, 2.24) is 4.98 Å². The first-order valence-electron chi connectivity index (χ1n) is 5.17. The number of nitrogens with two attached hydrogens (primary N) is 1. The van der Waals surface area contributed by atoms with Crippen molar-refractivity contribution in [2.75, 3.05) is 5.73 Å². The molecular formula is C13H10N2OS. The zero-order chi connectivity index (χ0) is 11.8. The van der Waals surface area contributed by atoms with Crippen LogP contribution in [0, 0.1) is 0 Å². The van der Waals surface area contributed by atoms with Gasteiger partial charge < -0.3 is 10.8 Å². The Labute approximate surface area is 102 Å². The number of pyridine rings is 1. The Kier molecular flexibility index (Phi) is 2.23. The lowest BCUT2D eigenvalue weighted by Crippen LogP contribution is -1.86. The predicted molar refractivity (Wildman–Crippen MR) is 71.1 cm³/mol. The molecule has 0 atom stereocenters. The summed E-state index contributed by atoms with van der Waals surface area (Å²) >= 11 is 1.61. The molecule has 3 N–H and O–H groups in total. The molecule has 3 rings (SSSR count). The summed E-state index contributed by atoms with van der Waals surface area (Å²) in [6.07, 6.45) is 1.65. The van der Waals surface area contributed by atoms with Crippen LogP contribution in [0.15, 0.2) is 42.6 Å². The fraction of sp³-hybridized carbons (Fsp3) is 0. The summed E-state index contributed by atoms with van der Waals surface area (Å²) in [5, 5.41) is 10.5. The molecule has 0 radical (unpaired) electrons. The SMILES string of the molecule is Nc1ccc(-c2cc3ccc(O)cc3s2)nc1. The smallest absolute Gasteiger partial charge is 0.117 e. The van der Waals surface area contributed by atoms with E-state index in [1.807, 2.05) is 18.2 Å². The third-order valence-electron chi connectivity index (χ3n) is 2.54. The van der Waals surface area contributed by atoms with E-state index in [1.165, 1.54) is 0 Å². The van der Waals surface area contributed by atoms with Crippen molar-refractivity contribution in [3.05, 3.63) is 42.6 Å². The number of benzene rings is 1. The molecule has 2 aromatic heterocycles. The molecule has 0 aliphatic heterocycles. The van der Waals surface area contributed by atoms with E-state index in [4.69, 9.17) is 5.73 Å². The maximum Gasteiger partial charge on any atom is 0.117 e. The van der Waals surface area contributed by atoms with Crippen molar-refractivity contribution in [2.45, 2.75) is 0 Å². The van der Waals surface area contributed by atoms with Crippen LogP contribution < -0.4 is 5.73 Å². The van der Waals surface area contributed by atoms with Gasteiger partial charge in [0, 0.05) is 4.70 Å². The summed E-state index contributed by atoms with van der Waals surface area (Å²) in [4.78, 5) is 5.36. The second-order valence-corrected chi connectivity index (χ2v) is 4.89. The number of nitrogens with zero attached hydrogens (tertiary/aromatic N) is 1. The van der Waals surface area contributed by atoms with Crippen LogP contribution in [-0.4, -0.2) is 10.1 Å². The van der Waals surface area contributed by atoms with Gasteiger partial charge in [0.1, 0.15) is 5.75 Å². The molecule has 0 unspecified atom stereocenters. The minimum absolute atomic E-state index is 0.288. The van der Waals surface area contributed by atoms with Crippen LogP contribution in [0.1, 0.15) is 0 Å². The lowest BCUT2D eigenvalue weighted by molar-refractivity contribution is 0.476. The van der Waals surface area contributed by atoms with E-state index in [0.29, 0.717) is 5.69 Å². The molecule has 2 heterocycles. The van der Waals surface area contributed by atoms with Crippen molar-refractivity contribution < 1.29 is 5.11 Å². The van der Waals surface area contributed by atoms with Gasteiger partial charge >= 0.3 is 0 Å². The van der Waals surface area contributed by atoms with Gasteiger partial charge in [-0.05, 0) is 41.8 Å². The van der Waals surface area contributed by atoms with Crippen LogP contribution in [0.3, 0.4) is 0 Å². The average Bonchev–Trinajstić information content (AvgIpc) is 2.72. The standard InChI is InChI=1S/C13H10N2OS/c14-9-2-4-11(15-7-9)13-5-8-1-3-10(16)6-12(8)17-13/h1-7,16H,14H2. The largest absolute Gasteiger partial charge is 0.508 e. The number of hydrogen-bond donors (Lipinski definition) is 2. The van der Waals surface area contributed by atoms with Crippen LogP contribution in [0.25, 0.3) is 20.7 Å². The fourth-order valence-corrected chi connectivity index (χ4v) is 2.77. The van der Waals surface area contributed by atoms with Crippen molar-refractivity contribution in [2.24, 2.45) is 0 Å². The first-order chi connectivity index (χ1) is 8.22. The van der Waals surface area contributed by atoms with Gasteiger partial charge in [0.2, 0.25) is 0 Å². The lowest BCUT2D eigenvalue weighted by Gasteiger charge is -1.95. The van der Waals surface area contributed by atoms with E-state index in [2.05, 4.69) is 11.1 Å². The monoisotopic (exact) mass is 242 g/mol. The van der Waals surface area contributed by atoms with Gasteiger partial charge in [-0.25, -0.2) is 0 Å². The van der Waals surface area contributed by atoms with Crippen molar-refractivity contribution in [3.63, 3.8) is 0 Å². The minimum Gasteiger partial charge on any atom is -0.508 e. The number of nitrogen functional groups attached to an aromatic ring is 1. The second kappa shape index (κ2) is 3.75. The van der Waals surface area contributed by atoms with Gasteiger partial charge in [-0.15, -0.1) is 11.3 Å². The Morgan fingerprint density at radius 3 is 2.76 bits per heavy atom. The van der Waals surface area contributed by atoms with E-state index in [9.17, 15) is 5.11 Å². The molecule has 1 aromatic carbocycles.